The van der Waals surface area contributed by atoms with E-state index in [1.807, 2.05) is 0 Å². The highest BCUT2D eigenvalue weighted by Crippen LogP contribution is 2.29. The molecule has 1 atom stereocenters. The Morgan fingerprint density at radius 3 is 2.33 bits per heavy atom. The van der Waals surface area contributed by atoms with Gasteiger partial charge in [0.1, 0.15) is 0 Å². The fourth-order valence-electron chi connectivity index (χ4n) is 3.29. The predicted molar refractivity (Wildman–Crippen MR) is 115 cm³/mol. The number of nitrogens with zero attached hydrogens (tertiary/aromatic N) is 1. The van der Waals surface area contributed by atoms with E-state index in [0.29, 0.717) is 30.6 Å². The molecule has 0 unspecified atom stereocenters. The molecule has 1 saturated heterocycles. The molecule has 2 aromatic rings. The number of carbonyl (C=O) groups excluding carboxylic acids is 1. The van der Waals surface area contributed by atoms with Gasteiger partial charge in [0.2, 0.25) is 15.9 Å². The first-order valence-corrected chi connectivity index (χ1v) is 11.6. The van der Waals surface area contributed by atoms with Crippen molar-refractivity contribution >= 4 is 50.8 Å². The van der Waals surface area contributed by atoms with E-state index in [9.17, 15) is 18.0 Å². The van der Waals surface area contributed by atoms with Crippen LogP contribution in [-0.2, 0) is 20.6 Å². The molecule has 2 N–H and O–H groups in total. The topological polar surface area (TPSA) is 104 Å². The van der Waals surface area contributed by atoms with Crippen molar-refractivity contribution in [3.05, 3.63) is 63.6 Å². The van der Waals surface area contributed by atoms with Crippen molar-refractivity contribution in [1.29, 1.82) is 0 Å². The first kappa shape index (κ1) is 22.6. The summed E-state index contributed by atoms with van der Waals surface area (Å²) in [7, 11) is -3.72. The lowest BCUT2D eigenvalue weighted by Gasteiger charge is -2.31. The van der Waals surface area contributed by atoms with Gasteiger partial charge < -0.3 is 10.4 Å². The summed E-state index contributed by atoms with van der Waals surface area (Å²) in [6, 6.07) is 10.6. The number of piperidine rings is 1. The van der Waals surface area contributed by atoms with Crippen molar-refractivity contribution in [2.24, 2.45) is 5.92 Å². The van der Waals surface area contributed by atoms with Gasteiger partial charge in [-0.3, -0.25) is 4.79 Å². The molecule has 30 heavy (non-hydrogen) atoms. The van der Waals surface area contributed by atoms with E-state index in [2.05, 4.69) is 5.32 Å². The van der Waals surface area contributed by atoms with Crippen LogP contribution in [0.25, 0.3) is 0 Å². The van der Waals surface area contributed by atoms with Crippen LogP contribution in [-0.4, -0.2) is 42.8 Å². The molecule has 1 fully saturated rings. The Morgan fingerprint density at radius 1 is 1.10 bits per heavy atom. The number of amides is 1. The number of benzene rings is 2. The molecule has 2 aromatic carbocycles. The number of nitrogens with one attached hydrogen (secondary N) is 1. The second-order valence-electron chi connectivity index (χ2n) is 7.03. The molecule has 160 valence electrons. The molecular formula is C20H20Cl2N2O5S. The van der Waals surface area contributed by atoms with Gasteiger partial charge in [-0.1, -0.05) is 29.3 Å². The first-order valence-electron chi connectivity index (χ1n) is 9.22. The summed E-state index contributed by atoms with van der Waals surface area (Å²) >= 11 is 12.2. The van der Waals surface area contributed by atoms with Crippen LogP contribution in [0.15, 0.2) is 42.5 Å². The summed E-state index contributed by atoms with van der Waals surface area (Å²) < 4.78 is 27.1. The molecule has 1 aliphatic rings. The summed E-state index contributed by atoms with van der Waals surface area (Å²) in [4.78, 5) is 23.6. The third-order valence-corrected chi connectivity index (χ3v) is 7.42. The lowest BCUT2D eigenvalue weighted by Crippen LogP contribution is -2.44. The molecule has 0 aliphatic carbocycles. The SMILES string of the molecule is O=C(O)c1ccc(NC(=O)[C@@H]2CCCN(S(=O)(=O)Cc3c(Cl)cccc3Cl)C2)cc1. The molecule has 10 heteroatoms. The van der Waals surface area contributed by atoms with Crippen molar-refractivity contribution in [1.82, 2.24) is 4.31 Å². The summed E-state index contributed by atoms with van der Waals surface area (Å²) in [5.41, 5.74) is 0.903. The molecule has 0 saturated carbocycles. The second-order valence-corrected chi connectivity index (χ2v) is 9.81. The summed E-state index contributed by atoms with van der Waals surface area (Å²) in [5.74, 6) is -2.22. The quantitative estimate of drug-likeness (QED) is 0.666. The normalized spacial score (nSPS) is 17.5. The van der Waals surface area contributed by atoms with Crippen LogP contribution in [0.5, 0.6) is 0 Å². The Balaban J connectivity index is 1.68. The molecular weight excluding hydrogens is 451 g/mol. The molecule has 1 amide bonds. The minimum atomic E-state index is -3.72. The van der Waals surface area contributed by atoms with Crippen molar-refractivity contribution in [3.63, 3.8) is 0 Å². The number of hydrogen-bond acceptors (Lipinski definition) is 4. The third kappa shape index (κ3) is 5.31. The first-order chi connectivity index (χ1) is 14.2. The standard InChI is InChI=1S/C20H20Cl2N2O5S/c21-17-4-1-5-18(22)16(17)12-30(28,29)24-10-2-3-14(11-24)19(25)23-15-8-6-13(7-9-15)20(26)27/h1,4-9,14H,2-3,10-12H2,(H,23,25)(H,26,27)/t14-/m1/s1. The molecule has 1 aliphatic heterocycles. The van der Waals surface area contributed by atoms with Crippen LogP contribution in [0, 0.1) is 5.92 Å². The van der Waals surface area contributed by atoms with E-state index in [1.165, 1.54) is 28.6 Å². The van der Waals surface area contributed by atoms with Crippen molar-refractivity contribution in [2.45, 2.75) is 18.6 Å². The van der Waals surface area contributed by atoms with Crippen LogP contribution in [0.2, 0.25) is 10.0 Å². The number of hydrogen-bond donors (Lipinski definition) is 2. The summed E-state index contributed by atoms with van der Waals surface area (Å²) in [5, 5.41) is 12.2. The number of carbonyl (C=O) groups is 2. The van der Waals surface area contributed by atoms with Crippen LogP contribution < -0.4 is 5.32 Å². The van der Waals surface area contributed by atoms with Crippen LogP contribution in [0.3, 0.4) is 0 Å². The smallest absolute Gasteiger partial charge is 0.335 e. The van der Waals surface area contributed by atoms with Gasteiger partial charge in [-0.15, -0.1) is 0 Å². The second kappa shape index (κ2) is 9.34. The van der Waals surface area contributed by atoms with Crippen LogP contribution in [0.4, 0.5) is 5.69 Å². The average molecular weight is 471 g/mol. The Morgan fingerprint density at radius 2 is 1.73 bits per heavy atom. The molecule has 0 radical (unpaired) electrons. The molecule has 0 aromatic heterocycles. The van der Waals surface area contributed by atoms with Gasteiger partial charge in [0.05, 0.1) is 17.2 Å². The maximum absolute atomic E-state index is 12.9. The van der Waals surface area contributed by atoms with E-state index in [4.69, 9.17) is 28.3 Å². The predicted octanol–water partition coefficient (Wildman–Crippen LogP) is 3.87. The molecule has 1 heterocycles. The van der Waals surface area contributed by atoms with Crippen molar-refractivity contribution in [2.75, 3.05) is 18.4 Å². The van der Waals surface area contributed by atoms with Gasteiger partial charge in [-0.2, -0.15) is 0 Å². The minimum Gasteiger partial charge on any atom is -0.478 e. The lowest BCUT2D eigenvalue weighted by atomic mass is 9.98. The number of halogens is 2. The Kier molecular flexibility index (Phi) is 7.02. The fourth-order valence-corrected chi connectivity index (χ4v) is 5.66. The van der Waals surface area contributed by atoms with E-state index in [-0.39, 0.29) is 33.8 Å². The number of sulfonamides is 1. The number of aromatic carboxylic acids is 1. The number of carboxylic acids is 1. The van der Waals surface area contributed by atoms with Gasteiger partial charge in [0, 0.05) is 34.4 Å². The van der Waals surface area contributed by atoms with Gasteiger partial charge >= 0.3 is 5.97 Å². The molecule has 0 spiro atoms. The largest absolute Gasteiger partial charge is 0.478 e. The van der Waals surface area contributed by atoms with E-state index in [1.54, 1.807) is 18.2 Å². The van der Waals surface area contributed by atoms with Crippen LogP contribution in [0.1, 0.15) is 28.8 Å². The number of rotatable bonds is 6. The van der Waals surface area contributed by atoms with E-state index >= 15 is 0 Å². The van der Waals surface area contributed by atoms with Gasteiger partial charge in [0.15, 0.2) is 0 Å². The highest BCUT2D eigenvalue weighted by Gasteiger charge is 2.33. The minimum absolute atomic E-state index is 0.0590. The summed E-state index contributed by atoms with van der Waals surface area (Å²) in [6.07, 6.45) is 1.10. The number of anilines is 1. The van der Waals surface area contributed by atoms with E-state index < -0.39 is 21.9 Å². The fraction of sp³-hybridized carbons (Fsp3) is 0.300. The number of carboxylic acid groups (broad SMARTS) is 1. The maximum Gasteiger partial charge on any atom is 0.335 e. The zero-order valence-electron chi connectivity index (χ0n) is 15.8. The zero-order valence-corrected chi connectivity index (χ0v) is 18.2. The van der Waals surface area contributed by atoms with Gasteiger partial charge in [0.25, 0.3) is 0 Å². The van der Waals surface area contributed by atoms with Crippen LogP contribution >= 0.6 is 23.2 Å². The van der Waals surface area contributed by atoms with Crippen molar-refractivity contribution < 1.29 is 23.1 Å². The van der Waals surface area contributed by atoms with Gasteiger partial charge in [-0.05, 0) is 49.2 Å². The highest BCUT2D eigenvalue weighted by atomic mass is 35.5. The average Bonchev–Trinajstić information content (AvgIpc) is 2.71. The third-order valence-electron chi connectivity index (χ3n) is 4.94. The Bertz CT molecular complexity index is 1040. The Labute approximate surface area is 184 Å². The maximum atomic E-state index is 12.9. The summed E-state index contributed by atoms with van der Waals surface area (Å²) in [6.45, 7) is 0.380. The monoisotopic (exact) mass is 470 g/mol. The molecule has 3 rings (SSSR count). The van der Waals surface area contributed by atoms with Crippen molar-refractivity contribution in [3.8, 4) is 0 Å². The lowest BCUT2D eigenvalue weighted by molar-refractivity contribution is -0.120. The molecule has 7 nitrogen and oxygen atoms in total. The molecule has 0 bridgehead atoms. The zero-order chi connectivity index (χ0) is 21.9. The Hall–Kier alpha value is -2.13. The van der Waals surface area contributed by atoms with E-state index in [0.717, 1.165) is 0 Å². The highest BCUT2D eigenvalue weighted by molar-refractivity contribution is 7.88. The van der Waals surface area contributed by atoms with Gasteiger partial charge in [-0.25, -0.2) is 17.5 Å².